The molecule has 6 nitrogen and oxygen atoms in total. The Hall–Kier alpha value is -1.63. The zero-order valence-electron chi connectivity index (χ0n) is 14.7. The summed E-state index contributed by atoms with van der Waals surface area (Å²) in [6.07, 6.45) is 0.285. The minimum atomic E-state index is -0.0856. The van der Waals surface area contributed by atoms with Gasteiger partial charge in [0.25, 0.3) is 0 Å². The molecule has 1 heterocycles. The lowest BCUT2D eigenvalue weighted by molar-refractivity contribution is -0.130. The van der Waals surface area contributed by atoms with Gasteiger partial charge >= 0.3 is 0 Å². The Balaban J connectivity index is 1.71. The van der Waals surface area contributed by atoms with E-state index in [2.05, 4.69) is 10.2 Å². The van der Waals surface area contributed by atoms with Gasteiger partial charge in [0.1, 0.15) is 0 Å². The molecule has 1 aliphatic rings. The van der Waals surface area contributed by atoms with E-state index in [1.807, 2.05) is 18.2 Å². The summed E-state index contributed by atoms with van der Waals surface area (Å²) in [5.41, 5.74) is 0.883. The highest BCUT2D eigenvalue weighted by molar-refractivity contribution is 6.31. The highest BCUT2D eigenvalue weighted by Gasteiger charge is 2.15. The SMILES string of the molecule is CC(=O)N(CCC(=O)NCc1ccccc1Cl)CCN1CCOCC1. The summed E-state index contributed by atoms with van der Waals surface area (Å²) in [6.45, 7) is 7.07. The molecule has 1 aliphatic heterocycles. The lowest BCUT2D eigenvalue weighted by atomic mass is 10.2. The highest BCUT2D eigenvalue weighted by Crippen LogP contribution is 2.14. The van der Waals surface area contributed by atoms with Gasteiger partial charge in [-0.25, -0.2) is 0 Å². The van der Waals surface area contributed by atoms with Crippen LogP contribution in [0.2, 0.25) is 5.02 Å². The average molecular weight is 368 g/mol. The van der Waals surface area contributed by atoms with Gasteiger partial charge in [0.15, 0.2) is 0 Å². The Morgan fingerprint density at radius 3 is 2.64 bits per heavy atom. The van der Waals surface area contributed by atoms with Crippen molar-refractivity contribution in [1.29, 1.82) is 0 Å². The van der Waals surface area contributed by atoms with E-state index in [0.717, 1.165) is 38.4 Å². The predicted molar refractivity (Wildman–Crippen MR) is 97.4 cm³/mol. The molecule has 2 amide bonds. The fraction of sp³-hybridized carbons (Fsp3) is 0.556. The van der Waals surface area contributed by atoms with E-state index < -0.39 is 0 Å². The van der Waals surface area contributed by atoms with Gasteiger partial charge < -0.3 is 15.0 Å². The van der Waals surface area contributed by atoms with Crippen LogP contribution in [-0.2, 0) is 20.9 Å². The van der Waals surface area contributed by atoms with Crippen LogP contribution in [0.4, 0.5) is 0 Å². The van der Waals surface area contributed by atoms with Crippen molar-refractivity contribution in [3.63, 3.8) is 0 Å². The van der Waals surface area contributed by atoms with Crippen LogP contribution >= 0.6 is 11.6 Å². The molecule has 1 saturated heterocycles. The Labute approximate surface area is 154 Å². The molecule has 0 atom stereocenters. The van der Waals surface area contributed by atoms with Crippen molar-refractivity contribution < 1.29 is 14.3 Å². The number of benzene rings is 1. The van der Waals surface area contributed by atoms with Gasteiger partial charge in [0, 0.05) is 57.6 Å². The lowest BCUT2D eigenvalue weighted by Crippen LogP contribution is -2.43. The molecule has 0 bridgehead atoms. The van der Waals surface area contributed by atoms with Gasteiger partial charge in [0.05, 0.1) is 13.2 Å². The van der Waals surface area contributed by atoms with Crippen LogP contribution in [0.15, 0.2) is 24.3 Å². The summed E-state index contributed by atoms with van der Waals surface area (Å²) in [6, 6.07) is 7.42. The molecule has 0 radical (unpaired) electrons. The number of nitrogens with zero attached hydrogens (tertiary/aromatic N) is 2. The number of amides is 2. The third-order valence-electron chi connectivity index (χ3n) is 4.28. The molecule has 138 valence electrons. The molecule has 1 aromatic rings. The van der Waals surface area contributed by atoms with Crippen LogP contribution in [0.3, 0.4) is 0 Å². The molecule has 7 heteroatoms. The first-order valence-electron chi connectivity index (χ1n) is 8.62. The quantitative estimate of drug-likeness (QED) is 0.757. The summed E-state index contributed by atoms with van der Waals surface area (Å²) in [5, 5.41) is 3.49. The number of carbonyl (C=O) groups excluding carboxylic acids is 2. The largest absolute Gasteiger partial charge is 0.379 e. The second-order valence-corrected chi connectivity index (χ2v) is 6.49. The number of hydrogen-bond acceptors (Lipinski definition) is 4. The number of halogens is 1. The fourth-order valence-corrected chi connectivity index (χ4v) is 2.88. The molecule has 2 rings (SSSR count). The zero-order chi connectivity index (χ0) is 18.1. The van der Waals surface area contributed by atoms with Crippen molar-refractivity contribution in [3.05, 3.63) is 34.9 Å². The minimum absolute atomic E-state index is 0.00726. The third kappa shape index (κ3) is 7.02. The molecule has 0 aliphatic carbocycles. The molecular weight excluding hydrogens is 342 g/mol. The normalized spacial score (nSPS) is 15.0. The van der Waals surface area contributed by atoms with E-state index in [4.69, 9.17) is 16.3 Å². The van der Waals surface area contributed by atoms with E-state index >= 15 is 0 Å². The van der Waals surface area contributed by atoms with Gasteiger partial charge in [-0.05, 0) is 11.6 Å². The van der Waals surface area contributed by atoms with Gasteiger partial charge in [0.2, 0.25) is 11.8 Å². The van der Waals surface area contributed by atoms with Crippen LogP contribution in [0, 0.1) is 0 Å². The Morgan fingerprint density at radius 1 is 1.24 bits per heavy atom. The third-order valence-corrected chi connectivity index (χ3v) is 4.65. The second kappa shape index (κ2) is 10.4. The highest BCUT2D eigenvalue weighted by atomic mass is 35.5. The Kier molecular flexibility index (Phi) is 8.18. The summed E-state index contributed by atoms with van der Waals surface area (Å²) >= 11 is 6.07. The van der Waals surface area contributed by atoms with Gasteiger partial charge in [-0.15, -0.1) is 0 Å². The predicted octanol–water partition coefficient (Wildman–Crippen LogP) is 1.53. The number of hydrogen-bond donors (Lipinski definition) is 1. The standard InChI is InChI=1S/C18H26ClN3O3/c1-15(23)22(9-8-21-10-12-25-13-11-21)7-6-18(24)20-14-16-4-2-3-5-17(16)19/h2-5H,6-14H2,1H3,(H,20,24). The number of rotatable bonds is 8. The first kappa shape index (κ1) is 19.7. The maximum atomic E-state index is 12.0. The van der Waals surface area contributed by atoms with Crippen LogP contribution < -0.4 is 5.32 Å². The van der Waals surface area contributed by atoms with Crippen molar-refractivity contribution in [2.75, 3.05) is 45.9 Å². The van der Waals surface area contributed by atoms with Crippen LogP contribution in [0.5, 0.6) is 0 Å². The van der Waals surface area contributed by atoms with E-state index in [1.54, 1.807) is 17.9 Å². The molecule has 0 unspecified atom stereocenters. The second-order valence-electron chi connectivity index (χ2n) is 6.08. The molecule has 25 heavy (non-hydrogen) atoms. The molecule has 1 aromatic carbocycles. The van der Waals surface area contributed by atoms with E-state index in [0.29, 0.717) is 24.7 Å². The maximum Gasteiger partial charge on any atom is 0.222 e. The monoisotopic (exact) mass is 367 g/mol. The smallest absolute Gasteiger partial charge is 0.222 e. The van der Waals surface area contributed by atoms with Crippen molar-refractivity contribution >= 4 is 23.4 Å². The maximum absolute atomic E-state index is 12.0. The number of ether oxygens (including phenoxy) is 1. The number of carbonyl (C=O) groups is 2. The van der Waals surface area contributed by atoms with E-state index in [1.165, 1.54) is 0 Å². The van der Waals surface area contributed by atoms with Gasteiger partial charge in [-0.3, -0.25) is 14.5 Å². The zero-order valence-corrected chi connectivity index (χ0v) is 15.4. The molecule has 1 N–H and O–H groups in total. The molecule has 0 spiro atoms. The van der Waals surface area contributed by atoms with Crippen LogP contribution in [0.1, 0.15) is 18.9 Å². The van der Waals surface area contributed by atoms with Crippen molar-refractivity contribution in [3.8, 4) is 0 Å². The van der Waals surface area contributed by atoms with Gasteiger partial charge in [-0.2, -0.15) is 0 Å². The van der Waals surface area contributed by atoms with Crippen LogP contribution in [-0.4, -0.2) is 67.6 Å². The summed E-state index contributed by atoms with van der Waals surface area (Å²) in [4.78, 5) is 27.8. The summed E-state index contributed by atoms with van der Waals surface area (Å²) < 4.78 is 5.32. The first-order valence-corrected chi connectivity index (χ1v) is 9.00. The van der Waals surface area contributed by atoms with Crippen molar-refractivity contribution in [2.24, 2.45) is 0 Å². The summed E-state index contributed by atoms with van der Waals surface area (Å²) in [5.74, 6) is -0.0929. The Bertz CT molecular complexity index is 576. The minimum Gasteiger partial charge on any atom is -0.379 e. The van der Waals surface area contributed by atoms with Gasteiger partial charge in [-0.1, -0.05) is 29.8 Å². The average Bonchev–Trinajstić information content (AvgIpc) is 2.61. The van der Waals surface area contributed by atoms with Crippen molar-refractivity contribution in [1.82, 2.24) is 15.1 Å². The fourth-order valence-electron chi connectivity index (χ4n) is 2.67. The number of morpholine rings is 1. The molecule has 1 fully saturated rings. The molecule has 0 aromatic heterocycles. The van der Waals surface area contributed by atoms with E-state index in [-0.39, 0.29) is 18.2 Å². The molecule has 0 saturated carbocycles. The lowest BCUT2D eigenvalue weighted by Gasteiger charge is -2.29. The van der Waals surface area contributed by atoms with Crippen molar-refractivity contribution in [2.45, 2.75) is 19.9 Å². The van der Waals surface area contributed by atoms with E-state index in [9.17, 15) is 9.59 Å². The Morgan fingerprint density at radius 2 is 1.96 bits per heavy atom. The first-order chi connectivity index (χ1) is 12.1. The topological polar surface area (TPSA) is 61.9 Å². The molecular formula is C18H26ClN3O3. The summed E-state index contributed by atoms with van der Waals surface area (Å²) in [7, 11) is 0. The number of nitrogens with one attached hydrogen (secondary N) is 1. The van der Waals surface area contributed by atoms with Crippen LogP contribution in [0.25, 0.3) is 0 Å².